The average molecular weight is 367 g/mol. The van der Waals surface area contributed by atoms with E-state index in [1.165, 1.54) is 11.1 Å². The lowest BCUT2D eigenvalue weighted by molar-refractivity contribution is 0.0531. The summed E-state index contributed by atoms with van der Waals surface area (Å²) >= 11 is 0. The van der Waals surface area contributed by atoms with Gasteiger partial charge in [0.25, 0.3) is 5.89 Å². The van der Waals surface area contributed by atoms with Crippen molar-refractivity contribution >= 4 is 5.91 Å². The standard InChI is InChI=1S/C22H29N3O2/c1-4-16-5-7-17(8-6-16)13-25-10-9-20-19(14-25)23-21(27-20)22(26)24(3)18-11-15(2)12-18/h5-8,15,18H,4,9-14H2,1-3H3. The van der Waals surface area contributed by atoms with Crippen molar-refractivity contribution in [2.45, 2.75) is 58.7 Å². The Morgan fingerprint density at radius 3 is 2.63 bits per heavy atom. The van der Waals surface area contributed by atoms with Crippen molar-refractivity contribution in [3.63, 3.8) is 0 Å². The van der Waals surface area contributed by atoms with Crippen LogP contribution in [0.4, 0.5) is 0 Å². The Kier molecular flexibility index (Phi) is 5.04. The number of carbonyl (C=O) groups excluding carboxylic acids is 1. The molecule has 0 N–H and O–H groups in total. The summed E-state index contributed by atoms with van der Waals surface area (Å²) in [4.78, 5) is 21.4. The third-order valence-corrected chi connectivity index (χ3v) is 6.04. The van der Waals surface area contributed by atoms with E-state index in [2.05, 4.69) is 48.0 Å². The molecule has 1 amide bonds. The van der Waals surface area contributed by atoms with Crippen LogP contribution >= 0.6 is 0 Å². The average Bonchev–Trinajstić information content (AvgIpc) is 3.08. The summed E-state index contributed by atoms with van der Waals surface area (Å²) in [7, 11) is 1.87. The van der Waals surface area contributed by atoms with Gasteiger partial charge >= 0.3 is 5.91 Å². The molecule has 1 aromatic heterocycles. The molecule has 0 atom stereocenters. The van der Waals surface area contributed by atoms with E-state index in [1.54, 1.807) is 0 Å². The maximum atomic E-state index is 12.7. The lowest BCUT2D eigenvalue weighted by Crippen LogP contribution is -2.44. The second-order valence-corrected chi connectivity index (χ2v) is 8.17. The number of hydrogen-bond acceptors (Lipinski definition) is 4. The first-order chi connectivity index (χ1) is 13.0. The van der Waals surface area contributed by atoms with E-state index < -0.39 is 0 Å². The number of rotatable bonds is 5. The number of amides is 1. The van der Waals surface area contributed by atoms with Crippen molar-refractivity contribution in [1.82, 2.24) is 14.8 Å². The van der Waals surface area contributed by atoms with Crippen LogP contribution in [0.5, 0.6) is 0 Å². The number of aryl methyl sites for hydroxylation is 1. The highest BCUT2D eigenvalue weighted by Crippen LogP contribution is 2.31. The van der Waals surface area contributed by atoms with E-state index in [-0.39, 0.29) is 11.8 Å². The van der Waals surface area contributed by atoms with Gasteiger partial charge in [0, 0.05) is 39.1 Å². The summed E-state index contributed by atoms with van der Waals surface area (Å²) in [5.41, 5.74) is 3.60. The van der Waals surface area contributed by atoms with Crippen LogP contribution in [0.25, 0.3) is 0 Å². The van der Waals surface area contributed by atoms with Crippen molar-refractivity contribution in [2.24, 2.45) is 5.92 Å². The van der Waals surface area contributed by atoms with Crippen molar-refractivity contribution in [3.05, 3.63) is 52.7 Å². The lowest BCUT2D eigenvalue weighted by Gasteiger charge is -2.38. The molecule has 0 spiro atoms. The monoisotopic (exact) mass is 367 g/mol. The number of oxazole rings is 1. The zero-order chi connectivity index (χ0) is 19.0. The van der Waals surface area contributed by atoms with Crippen molar-refractivity contribution in [2.75, 3.05) is 13.6 Å². The first kappa shape index (κ1) is 18.2. The molecule has 1 aliphatic carbocycles. The minimum absolute atomic E-state index is 0.0806. The molecular formula is C22H29N3O2. The highest BCUT2D eigenvalue weighted by molar-refractivity contribution is 5.89. The molecule has 2 heterocycles. The topological polar surface area (TPSA) is 49.6 Å². The summed E-state index contributed by atoms with van der Waals surface area (Å²) in [5.74, 6) is 1.77. The number of fused-ring (bicyclic) bond motifs is 1. The van der Waals surface area contributed by atoms with E-state index in [0.29, 0.717) is 12.0 Å². The van der Waals surface area contributed by atoms with Crippen LogP contribution in [0.2, 0.25) is 0 Å². The summed E-state index contributed by atoms with van der Waals surface area (Å²) in [6.45, 7) is 6.98. The van der Waals surface area contributed by atoms with Crippen molar-refractivity contribution in [1.29, 1.82) is 0 Å². The Balaban J connectivity index is 1.40. The summed E-state index contributed by atoms with van der Waals surface area (Å²) < 4.78 is 5.83. The van der Waals surface area contributed by atoms with Gasteiger partial charge in [0.2, 0.25) is 0 Å². The van der Waals surface area contributed by atoms with Crippen LogP contribution < -0.4 is 0 Å². The van der Waals surface area contributed by atoms with Gasteiger partial charge in [-0.3, -0.25) is 9.69 Å². The van der Waals surface area contributed by atoms with Gasteiger partial charge in [-0.2, -0.15) is 0 Å². The molecule has 5 heteroatoms. The normalized spacial score (nSPS) is 22.2. The third kappa shape index (κ3) is 3.79. The van der Waals surface area contributed by atoms with Gasteiger partial charge in [0.05, 0.1) is 5.69 Å². The Morgan fingerprint density at radius 2 is 1.96 bits per heavy atom. The Hall–Kier alpha value is -2.14. The van der Waals surface area contributed by atoms with Gasteiger partial charge in [0.15, 0.2) is 0 Å². The molecule has 2 aliphatic rings. The molecule has 1 saturated carbocycles. The first-order valence-corrected chi connectivity index (χ1v) is 10.1. The Morgan fingerprint density at radius 1 is 1.26 bits per heavy atom. The lowest BCUT2D eigenvalue weighted by atomic mass is 9.81. The molecule has 0 bridgehead atoms. The van der Waals surface area contributed by atoms with Gasteiger partial charge in [0.1, 0.15) is 5.76 Å². The molecule has 144 valence electrons. The van der Waals surface area contributed by atoms with E-state index in [4.69, 9.17) is 4.42 Å². The summed E-state index contributed by atoms with van der Waals surface area (Å²) in [5, 5.41) is 0. The minimum atomic E-state index is -0.0806. The van der Waals surface area contributed by atoms with Crippen LogP contribution in [0.15, 0.2) is 28.7 Å². The smallest absolute Gasteiger partial charge is 0.309 e. The summed E-state index contributed by atoms with van der Waals surface area (Å²) in [6.07, 6.45) is 4.03. The van der Waals surface area contributed by atoms with Gasteiger partial charge in [-0.05, 0) is 36.3 Å². The SMILES string of the molecule is CCc1ccc(CN2CCc3oc(C(=O)N(C)C4CC(C)C4)nc3C2)cc1. The minimum Gasteiger partial charge on any atom is -0.437 e. The van der Waals surface area contributed by atoms with Crippen LogP contribution in [-0.2, 0) is 25.9 Å². The third-order valence-electron chi connectivity index (χ3n) is 6.04. The molecule has 1 aliphatic heterocycles. The number of nitrogens with zero attached hydrogens (tertiary/aromatic N) is 3. The Labute approximate surface area is 161 Å². The fourth-order valence-electron chi connectivity index (χ4n) is 4.11. The first-order valence-electron chi connectivity index (χ1n) is 10.1. The number of aromatic nitrogens is 1. The molecule has 27 heavy (non-hydrogen) atoms. The van der Waals surface area contributed by atoms with Crippen molar-refractivity contribution in [3.8, 4) is 0 Å². The molecule has 2 aromatic rings. The van der Waals surface area contributed by atoms with Crippen LogP contribution in [0.1, 0.15) is 60.0 Å². The van der Waals surface area contributed by atoms with E-state index in [1.807, 2.05) is 11.9 Å². The molecule has 0 unspecified atom stereocenters. The Bertz CT molecular complexity index is 805. The fraction of sp³-hybridized carbons (Fsp3) is 0.545. The van der Waals surface area contributed by atoms with E-state index in [9.17, 15) is 4.79 Å². The highest BCUT2D eigenvalue weighted by atomic mass is 16.4. The summed E-state index contributed by atoms with van der Waals surface area (Å²) in [6, 6.07) is 9.16. The van der Waals surface area contributed by atoms with Crippen LogP contribution in [-0.4, -0.2) is 40.3 Å². The largest absolute Gasteiger partial charge is 0.437 e. The highest BCUT2D eigenvalue weighted by Gasteiger charge is 2.34. The van der Waals surface area contributed by atoms with Gasteiger partial charge in [-0.1, -0.05) is 38.1 Å². The predicted molar refractivity (Wildman–Crippen MR) is 104 cm³/mol. The molecular weight excluding hydrogens is 338 g/mol. The fourth-order valence-corrected chi connectivity index (χ4v) is 4.11. The molecule has 0 radical (unpaired) electrons. The molecule has 1 aromatic carbocycles. The van der Waals surface area contributed by atoms with Crippen molar-refractivity contribution < 1.29 is 9.21 Å². The van der Waals surface area contributed by atoms with Gasteiger partial charge in [-0.15, -0.1) is 0 Å². The second-order valence-electron chi connectivity index (χ2n) is 8.17. The molecule has 5 nitrogen and oxygen atoms in total. The maximum absolute atomic E-state index is 12.7. The quantitative estimate of drug-likeness (QED) is 0.809. The molecule has 0 saturated heterocycles. The second kappa shape index (κ2) is 7.47. The number of hydrogen-bond donors (Lipinski definition) is 0. The number of benzene rings is 1. The van der Waals surface area contributed by atoms with E-state index in [0.717, 1.165) is 56.8 Å². The van der Waals surface area contributed by atoms with Crippen LogP contribution in [0.3, 0.4) is 0 Å². The molecule has 1 fully saturated rings. The van der Waals surface area contributed by atoms with Crippen LogP contribution in [0, 0.1) is 5.92 Å². The number of carbonyl (C=O) groups is 1. The zero-order valence-electron chi connectivity index (χ0n) is 16.6. The predicted octanol–water partition coefficient (Wildman–Crippen LogP) is 3.67. The van der Waals surface area contributed by atoms with Gasteiger partial charge < -0.3 is 9.32 Å². The zero-order valence-corrected chi connectivity index (χ0v) is 16.6. The maximum Gasteiger partial charge on any atom is 0.309 e. The van der Waals surface area contributed by atoms with Gasteiger partial charge in [-0.25, -0.2) is 4.98 Å². The van der Waals surface area contributed by atoms with E-state index >= 15 is 0 Å². The molecule has 4 rings (SSSR count).